The topological polar surface area (TPSA) is 55.8 Å². The number of rotatable bonds is 1. The van der Waals surface area contributed by atoms with E-state index in [0.29, 0.717) is 13.0 Å². The maximum atomic E-state index is 11.9. The van der Waals surface area contributed by atoms with Gasteiger partial charge in [-0.2, -0.15) is 0 Å². The number of carbonyl (C=O) groups excluding carboxylic acids is 2. The molecule has 0 aliphatic carbocycles. The van der Waals surface area contributed by atoms with Gasteiger partial charge in [0.05, 0.1) is 7.11 Å². The number of esters is 1. The van der Waals surface area contributed by atoms with Gasteiger partial charge in [0.15, 0.2) is 0 Å². The zero-order valence-corrected chi connectivity index (χ0v) is 15.3. The van der Waals surface area contributed by atoms with Crippen LogP contribution in [0.3, 0.4) is 0 Å². The molecule has 0 bridgehead atoms. The Labute approximate surface area is 141 Å². The summed E-state index contributed by atoms with van der Waals surface area (Å²) < 4.78 is 9.92. The molecule has 0 aromatic rings. The molecule has 1 heterocycles. The normalized spacial score (nSPS) is 22.1. The summed E-state index contributed by atoms with van der Waals surface area (Å²) in [5.41, 5.74) is -0.572. The summed E-state index contributed by atoms with van der Waals surface area (Å²) in [7, 11) is 1.31. The molecule has 1 radical (unpaired) electrons. The van der Waals surface area contributed by atoms with E-state index in [1.807, 2.05) is 0 Å². The Kier molecular flexibility index (Phi) is 9.13. The number of likely N-dealkylation sites (tertiary alicyclic amines) is 1. The Balaban J connectivity index is 0. The largest absolute Gasteiger partial charge is 0.467 e. The molecule has 0 spiro atoms. The van der Waals surface area contributed by atoms with Gasteiger partial charge < -0.3 is 23.8 Å². The van der Waals surface area contributed by atoms with Gasteiger partial charge in [-0.3, -0.25) is 4.90 Å². The minimum atomic E-state index is -0.572. The van der Waals surface area contributed by atoms with Crippen molar-refractivity contribution in [2.45, 2.75) is 38.8 Å². The summed E-state index contributed by atoms with van der Waals surface area (Å²) in [6.45, 7) is 9.66. The Morgan fingerprint density at radius 2 is 1.84 bits per heavy atom. The SMILES string of the molecule is [CH2-][C@@H]1C[C@@H](C(=O)OC)N(C(=O)OC(C)(C)C)C1.[CH3-].[Y]. The number of hydrogen-bond donors (Lipinski definition) is 0. The smallest absolute Gasteiger partial charge is 0.410 e. The van der Waals surface area contributed by atoms with E-state index < -0.39 is 23.7 Å². The molecule has 0 unspecified atom stereocenters. The van der Waals surface area contributed by atoms with Crippen molar-refractivity contribution in [3.05, 3.63) is 14.4 Å². The maximum Gasteiger partial charge on any atom is 0.410 e. The molecule has 1 amide bonds. The van der Waals surface area contributed by atoms with Crippen LogP contribution in [0.15, 0.2) is 0 Å². The van der Waals surface area contributed by atoms with E-state index >= 15 is 0 Å². The number of ether oxygens (including phenoxy) is 2. The molecule has 1 aliphatic heterocycles. The molecular weight excluding hydrogens is 323 g/mol. The molecule has 1 saturated heterocycles. The number of nitrogens with zero attached hydrogens (tertiary/aromatic N) is 1. The van der Waals surface area contributed by atoms with Crippen LogP contribution in [0, 0.1) is 20.3 Å². The first-order chi connectivity index (χ1) is 7.74. The van der Waals surface area contributed by atoms with E-state index in [-0.39, 0.29) is 46.1 Å². The standard InChI is InChI=1S/C12H20NO4.CH3.Y/c1-8-6-9(10(14)16-5)13(7-8)11(15)17-12(2,3)4;;/h8-9H,1,6-7H2,2-5H3;1H3;/q2*-1;/t8-,9+;;/m1../s1. The zero-order valence-electron chi connectivity index (χ0n) is 12.4. The molecule has 0 aromatic carbocycles. The molecular formula is C13H23NO4Y-2. The number of methoxy groups -OCH3 is 1. The second-order valence-corrected chi connectivity index (χ2v) is 5.27. The summed E-state index contributed by atoms with van der Waals surface area (Å²) in [5.74, 6) is -0.381. The molecule has 19 heavy (non-hydrogen) atoms. The first-order valence-corrected chi connectivity index (χ1v) is 5.65. The van der Waals surface area contributed by atoms with Crippen molar-refractivity contribution in [2.24, 2.45) is 5.92 Å². The molecule has 5 nitrogen and oxygen atoms in total. The average molecular weight is 346 g/mol. The van der Waals surface area contributed by atoms with Crippen LogP contribution < -0.4 is 0 Å². The van der Waals surface area contributed by atoms with Crippen LogP contribution in [0.5, 0.6) is 0 Å². The molecule has 1 aliphatic rings. The van der Waals surface area contributed by atoms with Gasteiger partial charge in [-0.25, -0.2) is 9.59 Å². The molecule has 1 rings (SSSR count). The molecule has 0 saturated carbocycles. The second-order valence-electron chi connectivity index (χ2n) is 5.27. The summed E-state index contributed by atoms with van der Waals surface area (Å²) in [4.78, 5) is 24.8. The van der Waals surface area contributed by atoms with Crippen LogP contribution in [0.4, 0.5) is 4.79 Å². The predicted molar refractivity (Wildman–Crippen MR) is 68.6 cm³/mol. The molecule has 2 atom stereocenters. The fourth-order valence-corrected chi connectivity index (χ4v) is 1.80. The van der Waals surface area contributed by atoms with Gasteiger partial charge in [0.25, 0.3) is 0 Å². The maximum absolute atomic E-state index is 11.9. The van der Waals surface area contributed by atoms with Crippen LogP contribution in [-0.4, -0.2) is 42.3 Å². The summed E-state index contributed by atoms with van der Waals surface area (Å²) >= 11 is 0. The van der Waals surface area contributed by atoms with Crippen molar-refractivity contribution in [2.75, 3.05) is 13.7 Å². The van der Waals surface area contributed by atoms with Crippen LogP contribution in [-0.2, 0) is 47.0 Å². The second kappa shape index (κ2) is 8.20. The van der Waals surface area contributed by atoms with Gasteiger partial charge in [-0.1, -0.05) is 0 Å². The van der Waals surface area contributed by atoms with Gasteiger partial charge in [0.1, 0.15) is 11.6 Å². The van der Waals surface area contributed by atoms with E-state index in [4.69, 9.17) is 4.74 Å². The molecule has 6 heteroatoms. The van der Waals surface area contributed by atoms with Crippen LogP contribution in [0.2, 0.25) is 0 Å². The summed E-state index contributed by atoms with van der Waals surface area (Å²) in [6.07, 6.45) is 0.0328. The summed E-state index contributed by atoms with van der Waals surface area (Å²) in [5, 5.41) is 0. The van der Waals surface area contributed by atoms with Crippen molar-refractivity contribution >= 4 is 12.1 Å². The first kappa shape index (κ1) is 21.1. The van der Waals surface area contributed by atoms with Gasteiger partial charge in [0.2, 0.25) is 0 Å². The van der Waals surface area contributed by atoms with Gasteiger partial charge >= 0.3 is 12.1 Å². The van der Waals surface area contributed by atoms with Crippen LogP contribution in [0.25, 0.3) is 0 Å². The minimum Gasteiger partial charge on any atom is -0.467 e. The Bertz CT molecular complexity index is 314. The predicted octanol–water partition coefficient (Wildman–Crippen LogP) is 2.07. The molecule has 0 aromatic heterocycles. The minimum absolute atomic E-state index is 0. The first-order valence-electron chi connectivity index (χ1n) is 5.65. The number of hydrogen-bond acceptors (Lipinski definition) is 4. The van der Waals surface area contributed by atoms with Crippen molar-refractivity contribution in [1.29, 1.82) is 0 Å². The molecule has 0 N–H and O–H groups in total. The average Bonchev–Trinajstić information content (AvgIpc) is 2.56. The van der Waals surface area contributed by atoms with Gasteiger partial charge in [-0.15, -0.1) is 5.92 Å². The fraction of sp³-hybridized carbons (Fsp3) is 0.692. The van der Waals surface area contributed by atoms with Gasteiger partial charge in [0, 0.05) is 39.3 Å². The Hall–Kier alpha value is -0.156. The number of amides is 1. The third-order valence-corrected chi connectivity index (χ3v) is 2.49. The Morgan fingerprint density at radius 1 is 1.32 bits per heavy atom. The quantitative estimate of drug-likeness (QED) is 0.539. The van der Waals surface area contributed by atoms with Crippen molar-refractivity contribution in [3.63, 3.8) is 0 Å². The van der Waals surface area contributed by atoms with Crippen molar-refractivity contribution < 1.29 is 51.8 Å². The zero-order chi connectivity index (χ0) is 13.2. The van der Waals surface area contributed by atoms with E-state index in [1.54, 1.807) is 20.8 Å². The van der Waals surface area contributed by atoms with Crippen molar-refractivity contribution in [3.8, 4) is 0 Å². The van der Waals surface area contributed by atoms with E-state index in [0.717, 1.165) is 0 Å². The van der Waals surface area contributed by atoms with Crippen molar-refractivity contribution in [1.82, 2.24) is 4.90 Å². The van der Waals surface area contributed by atoms with E-state index in [2.05, 4.69) is 11.7 Å². The molecule has 109 valence electrons. The number of carbonyl (C=O) groups is 2. The molecule has 1 fully saturated rings. The van der Waals surface area contributed by atoms with Gasteiger partial charge in [-0.05, 0) is 27.2 Å². The third kappa shape index (κ3) is 6.22. The Morgan fingerprint density at radius 3 is 2.26 bits per heavy atom. The van der Waals surface area contributed by atoms with E-state index in [9.17, 15) is 9.59 Å². The monoisotopic (exact) mass is 346 g/mol. The fourth-order valence-electron chi connectivity index (χ4n) is 1.80. The summed E-state index contributed by atoms with van der Waals surface area (Å²) in [6, 6.07) is -0.572. The third-order valence-electron chi connectivity index (χ3n) is 2.49. The van der Waals surface area contributed by atoms with E-state index in [1.165, 1.54) is 12.0 Å². The van der Waals surface area contributed by atoms with Crippen LogP contribution >= 0.6 is 0 Å². The van der Waals surface area contributed by atoms with Crippen LogP contribution in [0.1, 0.15) is 27.2 Å².